The van der Waals surface area contributed by atoms with Crippen molar-refractivity contribution in [3.05, 3.63) is 70.3 Å². The van der Waals surface area contributed by atoms with Crippen molar-refractivity contribution in [2.45, 2.75) is 32.9 Å². The van der Waals surface area contributed by atoms with Gasteiger partial charge in [-0.05, 0) is 26.3 Å². The van der Waals surface area contributed by atoms with Crippen molar-refractivity contribution < 1.29 is 36.7 Å². The zero-order chi connectivity index (χ0) is 28.4. The van der Waals surface area contributed by atoms with Gasteiger partial charge in [0.1, 0.15) is 11.1 Å². The molecule has 38 heavy (non-hydrogen) atoms. The molecule has 1 unspecified atom stereocenters. The molecule has 0 aliphatic heterocycles. The quantitative estimate of drug-likeness (QED) is 0.121. The van der Waals surface area contributed by atoms with Gasteiger partial charge in [0.2, 0.25) is 11.8 Å². The number of halogens is 4. The Hall–Kier alpha value is -4.00. The average molecular weight is 540 g/mol. The second-order valence-corrected chi connectivity index (χ2v) is 8.21. The Bertz CT molecular complexity index is 1180. The van der Waals surface area contributed by atoms with Gasteiger partial charge in [-0.3, -0.25) is 19.2 Å². The first-order chi connectivity index (χ1) is 18.0. The Kier molecular flexibility index (Phi) is 11.2. The molecule has 9 nitrogen and oxygen atoms in total. The molecule has 5 N–H and O–H groups in total. The van der Waals surface area contributed by atoms with Gasteiger partial charge in [-0.25, -0.2) is 17.6 Å². The van der Waals surface area contributed by atoms with Gasteiger partial charge < -0.3 is 26.6 Å². The summed E-state index contributed by atoms with van der Waals surface area (Å²) in [5, 5.41) is 12.0. The fourth-order valence-corrected chi connectivity index (χ4v) is 3.35. The zero-order valence-corrected chi connectivity index (χ0v) is 21.0. The van der Waals surface area contributed by atoms with E-state index in [1.807, 2.05) is 0 Å². The molecule has 2 atom stereocenters. The highest BCUT2D eigenvalue weighted by Gasteiger charge is 2.33. The van der Waals surface area contributed by atoms with Crippen molar-refractivity contribution in [2.24, 2.45) is 0 Å². The Morgan fingerprint density at radius 1 is 0.763 bits per heavy atom. The number of carbonyl (C=O) groups is 4. The summed E-state index contributed by atoms with van der Waals surface area (Å²) in [6.07, 6.45) is 0. The van der Waals surface area contributed by atoms with E-state index in [2.05, 4.69) is 26.6 Å². The highest BCUT2D eigenvalue weighted by atomic mass is 19.2. The lowest BCUT2D eigenvalue weighted by molar-refractivity contribution is -0.127. The number of nitrogens with one attached hydrogen (secondary N) is 5. The smallest absolute Gasteiger partial charge is 0.257 e. The molecule has 2 aromatic rings. The van der Waals surface area contributed by atoms with Gasteiger partial charge in [0, 0.05) is 19.6 Å². The van der Waals surface area contributed by atoms with Crippen LogP contribution in [0, 0.1) is 23.3 Å². The van der Waals surface area contributed by atoms with Crippen molar-refractivity contribution in [2.75, 3.05) is 26.2 Å². The third-order valence-electron chi connectivity index (χ3n) is 5.42. The summed E-state index contributed by atoms with van der Waals surface area (Å²) in [5.74, 6) is -11.9. The normalized spacial score (nSPS) is 12.3. The Labute approximate surface area is 216 Å². The van der Waals surface area contributed by atoms with Crippen LogP contribution in [0.1, 0.15) is 53.1 Å². The van der Waals surface area contributed by atoms with Gasteiger partial charge in [0.05, 0.1) is 18.6 Å². The standard InChI is InChI=1S/C25H29F4N5O4/c1-4-30-16(35)12-33-23(36)14(3)31-10-11-32-24(37)17-19(26)18(21(28)22(29)20(17)27)25(38)34-13(2)15-8-6-5-7-9-15/h5-9,13-14,31H,4,10-12H2,1-3H3,(H,30,35)(H,32,37)(H,33,36)(H,34,38)/t13-,14?/m1/s1. The molecule has 2 aromatic carbocycles. The molecule has 0 radical (unpaired) electrons. The van der Waals surface area contributed by atoms with Crippen molar-refractivity contribution in [3.63, 3.8) is 0 Å². The number of likely N-dealkylation sites (N-methyl/N-ethyl adjacent to an activating group) is 1. The first kappa shape index (κ1) is 30.2. The second kappa shape index (κ2) is 14.1. The van der Waals surface area contributed by atoms with Crippen LogP contribution in [0.15, 0.2) is 30.3 Å². The van der Waals surface area contributed by atoms with Crippen LogP contribution in [0.2, 0.25) is 0 Å². The van der Waals surface area contributed by atoms with E-state index in [-0.39, 0.29) is 25.5 Å². The van der Waals surface area contributed by atoms with Crippen LogP contribution in [0.4, 0.5) is 17.6 Å². The fraction of sp³-hybridized carbons (Fsp3) is 0.360. The lowest BCUT2D eigenvalue weighted by Gasteiger charge is -2.17. The summed E-state index contributed by atoms with van der Waals surface area (Å²) in [6, 6.07) is 6.82. The summed E-state index contributed by atoms with van der Waals surface area (Å²) in [7, 11) is 0. The number of carbonyl (C=O) groups excluding carboxylic acids is 4. The van der Waals surface area contributed by atoms with Crippen molar-refractivity contribution in [1.82, 2.24) is 26.6 Å². The summed E-state index contributed by atoms with van der Waals surface area (Å²) < 4.78 is 57.9. The molecule has 206 valence electrons. The van der Waals surface area contributed by atoms with E-state index in [0.717, 1.165) is 0 Å². The fourth-order valence-electron chi connectivity index (χ4n) is 3.35. The molecule has 0 spiro atoms. The molecule has 0 fully saturated rings. The van der Waals surface area contributed by atoms with Crippen LogP contribution in [0.25, 0.3) is 0 Å². The summed E-state index contributed by atoms with van der Waals surface area (Å²) >= 11 is 0. The molecule has 2 rings (SSSR count). The lowest BCUT2D eigenvalue weighted by Crippen LogP contribution is -2.47. The Morgan fingerprint density at radius 3 is 1.97 bits per heavy atom. The van der Waals surface area contributed by atoms with Crippen LogP contribution in [-0.4, -0.2) is 55.8 Å². The van der Waals surface area contributed by atoms with E-state index >= 15 is 4.39 Å². The van der Waals surface area contributed by atoms with Crippen molar-refractivity contribution >= 4 is 23.6 Å². The molecule has 13 heteroatoms. The van der Waals surface area contributed by atoms with E-state index in [1.165, 1.54) is 13.8 Å². The second-order valence-electron chi connectivity index (χ2n) is 8.21. The molecule has 0 saturated carbocycles. The molecular formula is C25H29F4N5O4. The van der Waals surface area contributed by atoms with Crippen LogP contribution >= 0.6 is 0 Å². The number of hydrogen-bond donors (Lipinski definition) is 5. The number of hydrogen-bond acceptors (Lipinski definition) is 5. The van der Waals surface area contributed by atoms with Gasteiger partial charge in [0.25, 0.3) is 11.8 Å². The number of rotatable bonds is 12. The SMILES string of the molecule is CCNC(=O)CNC(=O)C(C)NCCNC(=O)c1c(F)c(F)c(F)c(C(=O)N[C@H](C)c2ccccc2)c1F. The summed E-state index contributed by atoms with van der Waals surface area (Å²) in [5.41, 5.74) is -2.32. The van der Waals surface area contributed by atoms with Crippen molar-refractivity contribution in [3.8, 4) is 0 Å². The maximum absolute atomic E-state index is 15.0. The average Bonchev–Trinajstić information content (AvgIpc) is 2.89. The predicted molar refractivity (Wildman–Crippen MR) is 130 cm³/mol. The van der Waals surface area contributed by atoms with Gasteiger partial charge in [-0.2, -0.15) is 0 Å². The highest BCUT2D eigenvalue weighted by Crippen LogP contribution is 2.25. The van der Waals surface area contributed by atoms with E-state index in [1.54, 1.807) is 37.3 Å². The third-order valence-corrected chi connectivity index (χ3v) is 5.42. The van der Waals surface area contributed by atoms with Gasteiger partial charge in [0.15, 0.2) is 23.3 Å². The van der Waals surface area contributed by atoms with Crippen LogP contribution < -0.4 is 26.6 Å². The maximum atomic E-state index is 15.0. The first-order valence-corrected chi connectivity index (χ1v) is 11.8. The predicted octanol–water partition coefficient (Wildman–Crippen LogP) is 1.69. The highest BCUT2D eigenvalue weighted by molar-refractivity contribution is 6.00. The minimum Gasteiger partial charge on any atom is -0.355 e. The summed E-state index contributed by atoms with van der Waals surface area (Å²) in [6.45, 7) is 4.56. The van der Waals surface area contributed by atoms with Crippen LogP contribution in [0.5, 0.6) is 0 Å². The van der Waals surface area contributed by atoms with Crippen molar-refractivity contribution in [1.29, 1.82) is 0 Å². The molecule has 0 bridgehead atoms. The first-order valence-electron chi connectivity index (χ1n) is 11.8. The van der Waals surface area contributed by atoms with Crippen LogP contribution in [0.3, 0.4) is 0 Å². The van der Waals surface area contributed by atoms with Gasteiger partial charge in [-0.1, -0.05) is 30.3 Å². The largest absolute Gasteiger partial charge is 0.355 e. The Morgan fingerprint density at radius 2 is 1.37 bits per heavy atom. The van der Waals surface area contributed by atoms with Gasteiger partial charge in [-0.15, -0.1) is 0 Å². The van der Waals surface area contributed by atoms with E-state index in [9.17, 15) is 32.3 Å². The lowest BCUT2D eigenvalue weighted by atomic mass is 10.0. The minimum atomic E-state index is -2.18. The maximum Gasteiger partial charge on any atom is 0.257 e. The monoisotopic (exact) mass is 539 g/mol. The summed E-state index contributed by atoms with van der Waals surface area (Å²) in [4.78, 5) is 48.3. The topological polar surface area (TPSA) is 128 Å². The number of amides is 4. The molecule has 0 aliphatic rings. The zero-order valence-electron chi connectivity index (χ0n) is 21.0. The minimum absolute atomic E-state index is 0.0592. The molecule has 0 saturated heterocycles. The molecule has 0 heterocycles. The van der Waals surface area contributed by atoms with Crippen LogP contribution in [-0.2, 0) is 9.59 Å². The Balaban J connectivity index is 2.04. The molecular weight excluding hydrogens is 510 g/mol. The van der Waals surface area contributed by atoms with E-state index in [0.29, 0.717) is 12.1 Å². The van der Waals surface area contributed by atoms with E-state index in [4.69, 9.17) is 0 Å². The van der Waals surface area contributed by atoms with E-state index < -0.39 is 64.2 Å². The molecule has 0 aromatic heterocycles. The van der Waals surface area contributed by atoms with Gasteiger partial charge >= 0.3 is 0 Å². The third kappa shape index (κ3) is 7.75. The molecule has 0 aliphatic carbocycles. The molecule has 4 amide bonds. The number of benzene rings is 2.